The second kappa shape index (κ2) is 8.94. The van der Waals surface area contributed by atoms with E-state index in [1.54, 1.807) is 12.4 Å². The van der Waals surface area contributed by atoms with Gasteiger partial charge in [0.1, 0.15) is 0 Å². The maximum absolute atomic E-state index is 10.1. The van der Waals surface area contributed by atoms with Gasteiger partial charge in [0.25, 0.3) is 0 Å². The zero-order valence-corrected chi connectivity index (χ0v) is 22.4. The average molecular weight is 525 g/mol. The molecule has 8 rings (SSSR count). The lowest BCUT2D eigenvalue weighted by atomic mass is 9.97. The van der Waals surface area contributed by atoms with Gasteiger partial charge in [0.2, 0.25) is 0 Å². The van der Waals surface area contributed by atoms with Crippen molar-refractivity contribution in [3.8, 4) is 28.6 Å². The molecule has 41 heavy (non-hydrogen) atoms. The van der Waals surface area contributed by atoms with Crippen molar-refractivity contribution < 1.29 is 0 Å². The van der Waals surface area contributed by atoms with E-state index in [0.29, 0.717) is 5.56 Å². The normalized spacial score (nSPS) is 11.5. The quantitative estimate of drug-likeness (QED) is 0.231. The third-order valence-corrected chi connectivity index (χ3v) is 8.18. The van der Waals surface area contributed by atoms with Gasteiger partial charge >= 0.3 is 0 Å². The van der Waals surface area contributed by atoms with Gasteiger partial charge in [0, 0.05) is 45.2 Å². The fourth-order valence-corrected chi connectivity index (χ4v) is 6.41. The van der Waals surface area contributed by atoms with E-state index in [1.165, 1.54) is 32.6 Å². The SMILES string of the molecule is Cc1cc(C#N)c(-c2ccncc2)cc1-n1c2ccccc2c2cccc(-n3c4ccccc4c4ccccc43)c21. The van der Waals surface area contributed by atoms with Crippen LogP contribution in [0, 0.1) is 18.3 Å². The highest BCUT2D eigenvalue weighted by molar-refractivity contribution is 6.15. The van der Waals surface area contributed by atoms with E-state index in [2.05, 4.69) is 124 Å². The molecular weight excluding hydrogens is 500 g/mol. The minimum absolute atomic E-state index is 0.654. The van der Waals surface area contributed by atoms with Crippen LogP contribution in [0.1, 0.15) is 11.1 Å². The number of fused-ring (bicyclic) bond motifs is 6. The number of aromatic nitrogens is 3. The van der Waals surface area contributed by atoms with Crippen LogP contribution in [-0.2, 0) is 0 Å². The van der Waals surface area contributed by atoms with Crippen molar-refractivity contribution in [1.29, 1.82) is 5.26 Å². The van der Waals surface area contributed by atoms with Gasteiger partial charge in [-0.1, -0.05) is 66.7 Å². The van der Waals surface area contributed by atoms with Crippen LogP contribution < -0.4 is 0 Å². The lowest BCUT2D eigenvalue weighted by Gasteiger charge is -2.17. The van der Waals surface area contributed by atoms with E-state index in [0.717, 1.165) is 39.1 Å². The standard InChI is InChI=1S/C37H24N4/c1-24-21-26(23-38)31(25-17-19-39-20-18-25)22-36(24)41-34-15-7-4-11-29(34)30-12-8-16-35(37(30)41)40-32-13-5-2-9-27(32)28-10-3-6-14-33(28)40/h2-22H,1H3. The number of pyridine rings is 1. The minimum Gasteiger partial charge on any atom is -0.307 e. The predicted molar refractivity (Wildman–Crippen MR) is 168 cm³/mol. The Hall–Kier alpha value is -5.66. The summed E-state index contributed by atoms with van der Waals surface area (Å²) in [6.07, 6.45) is 3.55. The Balaban J connectivity index is 1.55. The fourth-order valence-electron chi connectivity index (χ4n) is 6.41. The van der Waals surface area contributed by atoms with Gasteiger partial charge in [-0.3, -0.25) is 4.98 Å². The molecule has 5 aromatic carbocycles. The molecule has 3 heterocycles. The van der Waals surface area contributed by atoms with Crippen molar-refractivity contribution in [3.05, 3.63) is 139 Å². The van der Waals surface area contributed by atoms with Gasteiger partial charge in [0.05, 0.1) is 39.4 Å². The second-order valence-corrected chi connectivity index (χ2v) is 10.4. The van der Waals surface area contributed by atoms with Crippen LogP contribution in [-0.4, -0.2) is 14.1 Å². The molecule has 0 atom stereocenters. The molecule has 0 aliphatic carbocycles. The molecule has 0 bridgehead atoms. The lowest BCUT2D eigenvalue weighted by Crippen LogP contribution is -2.03. The summed E-state index contributed by atoms with van der Waals surface area (Å²) in [6.45, 7) is 2.09. The van der Waals surface area contributed by atoms with E-state index >= 15 is 0 Å². The molecule has 0 unspecified atom stereocenters. The van der Waals surface area contributed by atoms with Crippen LogP contribution >= 0.6 is 0 Å². The van der Waals surface area contributed by atoms with Gasteiger partial charge in [-0.25, -0.2) is 0 Å². The summed E-state index contributed by atoms with van der Waals surface area (Å²) in [5, 5.41) is 14.9. The molecule has 0 radical (unpaired) electrons. The van der Waals surface area contributed by atoms with Crippen LogP contribution in [0.2, 0.25) is 0 Å². The molecule has 192 valence electrons. The molecule has 0 aliphatic heterocycles. The van der Waals surface area contributed by atoms with E-state index in [9.17, 15) is 5.26 Å². The molecule has 0 amide bonds. The van der Waals surface area contributed by atoms with Gasteiger partial charge < -0.3 is 9.13 Å². The monoisotopic (exact) mass is 524 g/mol. The van der Waals surface area contributed by atoms with Crippen molar-refractivity contribution in [2.75, 3.05) is 0 Å². The van der Waals surface area contributed by atoms with E-state index in [-0.39, 0.29) is 0 Å². The Bertz CT molecular complexity index is 2280. The summed E-state index contributed by atoms with van der Waals surface area (Å²) >= 11 is 0. The van der Waals surface area contributed by atoms with Crippen LogP contribution in [0.4, 0.5) is 0 Å². The largest absolute Gasteiger partial charge is 0.307 e. The van der Waals surface area contributed by atoms with Crippen LogP contribution in [0.25, 0.3) is 66.1 Å². The molecule has 0 saturated carbocycles. The predicted octanol–water partition coefficient (Wildman–Crippen LogP) is 9.12. The number of hydrogen-bond acceptors (Lipinski definition) is 2. The van der Waals surface area contributed by atoms with Crippen molar-refractivity contribution >= 4 is 43.6 Å². The molecule has 0 aliphatic rings. The summed E-state index contributed by atoms with van der Waals surface area (Å²) < 4.78 is 4.77. The highest BCUT2D eigenvalue weighted by Crippen LogP contribution is 2.40. The Morgan fingerprint density at radius 3 is 1.78 bits per heavy atom. The van der Waals surface area contributed by atoms with Crippen molar-refractivity contribution in [3.63, 3.8) is 0 Å². The number of rotatable bonds is 3. The van der Waals surface area contributed by atoms with E-state index in [4.69, 9.17) is 0 Å². The first-order valence-electron chi connectivity index (χ1n) is 13.7. The Morgan fingerprint density at radius 2 is 1.15 bits per heavy atom. The molecule has 4 nitrogen and oxygen atoms in total. The van der Waals surface area contributed by atoms with Gasteiger partial charge in [-0.15, -0.1) is 0 Å². The summed E-state index contributed by atoms with van der Waals surface area (Å²) in [6, 6.07) is 43.0. The number of nitriles is 1. The van der Waals surface area contributed by atoms with Crippen molar-refractivity contribution in [2.45, 2.75) is 6.92 Å². The summed E-state index contributed by atoms with van der Waals surface area (Å²) in [4.78, 5) is 4.20. The summed E-state index contributed by atoms with van der Waals surface area (Å²) in [5.41, 5.74) is 10.3. The van der Waals surface area contributed by atoms with Gasteiger partial charge in [0.15, 0.2) is 0 Å². The number of benzene rings is 5. The molecular formula is C37H24N4. The Kier molecular flexibility index (Phi) is 5.07. The molecule has 0 N–H and O–H groups in total. The first kappa shape index (κ1) is 23.2. The maximum Gasteiger partial charge on any atom is 0.0998 e. The highest BCUT2D eigenvalue weighted by atomic mass is 15.1. The Morgan fingerprint density at radius 1 is 0.585 bits per heavy atom. The second-order valence-electron chi connectivity index (χ2n) is 10.4. The molecule has 4 heteroatoms. The van der Waals surface area contributed by atoms with Crippen LogP contribution in [0.15, 0.2) is 128 Å². The van der Waals surface area contributed by atoms with Crippen LogP contribution in [0.5, 0.6) is 0 Å². The van der Waals surface area contributed by atoms with Crippen LogP contribution in [0.3, 0.4) is 0 Å². The fraction of sp³-hybridized carbons (Fsp3) is 0.0270. The third kappa shape index (κ3) is 3.36. The van der Waals surface area contributed by atoms with Gasteiger partial charge in [-0.05, 0) is 66.6 Å². The molecule has 0 spiro atoms. The molecule has 0 saturated heterocycles. The third-order valence-electron chi connectivity index (χ3n) is 8.18. The first-order chi connectivity index (χ1) is 20.2. The van der Waals surface area contributed by atoms with Crippen molar-refractivity contribution in [2.24, 2.45) is 0 Å². The zero-order chi connectivity index (χ0) is 27.5. The highest BCUT2D eigenvalue weighted by Gasteiger charge is 2.21. The number of hydrogen-bond donors (Lipinski definition) is 0. The summed E-state index contributed by atoms with van der Waals surface area (Å²) in [5.74, 6) is 0. The molecule has 0 fully saturated rings. The number of nitrogens with zero attached hydrogens (tertiary/aromatic N) is 4. The smallest absolute Gasteiger partial charge is 0.0998 e. The first-order valence-corrected chi connectivity index (χ1v) is 13.7. The zero-order valence-electron chi connectivity index (χ0n) is 22.4. The minimum atomic E-state index is 0.654. The van der Waals surface area contributed by atoms with E-state index < -0.39 is 0 Å². The maximum atomic E-state index is 10.1. The van der Waals surface area contributed by atoms with Crippen molar-refractivity contribution in [1.82, 2.24) is 14.1 Å². The molecule has 8 aromatic rings. The van der Waals surface area contributed by atoms with E-state index in [1.807, 2.05) is 18.2 Å². The number of aryl methyl sites for hydroxylation is 1. The topological polar surface area (TPSA) is 46.5 Å². The molecule has 3 aromatic heterocycles. The Labute approximate surface area is 237 Å². The lowest BCUT2D eigenvalue weighted by molar-refractivity contribution is 1.11. The average Bonchev–Trinajstić information content (AvgIpc) is 3.55. The van der Waals surface area contributed by atoms with Gasteiger partial charge in [-0.2, -0.15) is 5.26 Å². The number of para-hydroxylation sites is 4. The summed E-state index contributed by atoms with van der Waals surface area (Å²) in [7, 11) is 0.